The summed E-state index contributed by atoms with van der Waals surface area (Å²) in [5, 5.41) is 3.71. The summed E-state index contributed by atoms with van der Waals surface area (Å²) in [6, 6.07) is 7.30. The van der Waals surface area contributed by atoms with E-state index in [-0.39, 0.29) is 6.10 Å². The first-order chi connectivity index (χ1) is 12.5. The van der Waals surface area contributed by atoms with E-state index in [1.54, 1.807) is 12.1 Å². The van der Waals surface area contributed by atoms with Crippen LogP contribution >= 0.6 is 22.9 Å². The van der Waals surface area contributed by atoms with Gasteiger partial charge in [-0.2, -0.15) is 0 Å². The van der Waals surface area contributed by atoms with Crippen LogP contribution in [-0.2, 0) is 20.7 Å². The number of halogens is 1. The summed E-state index contributed by atoms with van der Waals surface area (Å²) in [4.78, 5) is 31.7. The van der Waals surface area contributed by atoms with Gasteiger partial charge in [-0.15, -0.1) is 11.3 Å². The first-order valence-corrected chi connectivity index (χ1v) is 9.61. The number of anilines is 1. The van der Waals surface area contributed by atoms with E-state index in [4.69, 9.17) is 16.3 Å². The molecule has 1 N–H and O–H groups in total. The average Bonchev–Trinajstić information content (AvgIpc) is 3.01. The van der Waals surface area contributed by atoms with Crippen molar-refractivity contribution >= 4 is 39.9 Å². The van der Waals surface area contributed by atoms with Gasteiger partial charge in [0.15, 0.2) is 5.13 Å². The molecular weight excluding hydrogens is 374 g/mol. The van der Waals surface area contributed by atoms with Gasteiger partial charge in [-0.3, -0.25) is 14.9 Å². The number of thiazole rings is 1. The SMILES string of the molecule is CCc1nc(NC(=O)C(=O)N2CCOC(c3ccc(Cl)cc3)C2)sc1C. The second kappa shape index (κ2) is 8.16. The van der Waals surface area contributed by atoms with E-state index < -0.39 is 11.8 Å². The predicted molar refractivity (Wildman–Crippen MR) is 102 cm³/mol. The Balaban J connectivity index is 1.64. The number of aromatic nitrogens is 1. The van der Waals surface area contributed by atoms with Crippen molar-refractivity contribution in [3.05, 3.63) is 45.4 Å². The minimum atomic E-state index is -0.668. The Labute approximate surface area is 161 Å². The van der Waals surface area contributed by atoms with E-state index in [1.165, 1.54) is 16.2 Å². The van der Waals surface area contributed by atoms with E-state index in [1.807, 2.05) is 26.0 Å². The smallest absolute Gasteiger partial charge is 0.315 e. The molecule has 26 heavy (non-hydrogen) atoms. The Hall–Kier alpha value is -1.96. The number of benzene rings is 1. The second-order valence-corrected chi connectivity index (χ2v) is 7.63. The number of hydrogen-bond donors (Lipinski definition) is 1. The van der Waals surface area contributed by atoms with E-state index in [9.17, 15) is 9.59 Å². The van der Waals surface area contributed by atoms with Gasteiger partial charge in [-0.25, -0.2) is 4.98 Å². The highest BCUT2D eigenvalue weighted by Crippen LogP contribution is 2.25. The van der Waals surface area contributed by atoms with Gasteiger partial charge in [-0.05, 0) is 31.0 Å². The van der Waals surface area contributed by atoms with Crippen molar-refractivity contribution < 1.29 is 14.3 Å². The van der Waals surface area contributed by atoms with Crippen LogP contribution in [0.5, 0.6) is 0 Å². The monoisotopic (exact) mass is 393 g/mol. The van der Waals surface area contributed by atoms with Crippen molar-refractivity contribution in [2.45, 2.75) is 26.4 Å². The maximum absolute atomic E-state index is 12.5. The molecule has 0 aliphatic carbocycles. The minimum Gasteiger partial charge on any atom is -0.370 e. The van der Waals surface area contributed by atoms with Crippen LogP contribution in [0, 0.1) is 6.92 Å². The summed E-state index contributed by atoms with van der Waals surface area (Å²) in [5.41, 5.74) is 1.86. The Morgan fingerprint density at radius 3 is 2.77 bits per heavy atom. The molecule has 1 unspecified atom stereocenters. The van der Waals surface area contributed by atoms with Gasteiger partial charge in [0.25, 0.3) is 0 Å². The van der Waals surface area contributed by atoms with Gasteiger partial charge in [-0.1, -0.05) is 30.7 Å². The summed E-state index contributed by atoms with van der Waals surface area (Å²) in [7, 11) is 0. The van der Waals surface area contributed by atoms with Crippen LogP contribution in [0.3, 0.4) is 0 Å². The van der Waals surface area contributed by atoms with E-state index in [0.29, 0.717) is 29.9 Å². The van der Waals surface area contributed by atoms with Crippen LogP contribution in [0.25, 0.3) is 0 Å². The zero-order valence-corrected chi connectivity index (χ0v) is 16.2. The number of ether oxygens (including phenoxy) is 1. The Morgan fingerprint density at radius 2 is 2.12 bits per heavy atom. The van der Waals surface area contributed by atoms with Gasteiger partial charge in [0.1, 0.15) is 6.10 Å². The Morgan fingerprint density at radius 1 is 1.38 bits per heavy atom. The standard InChI is InChI=1S/C18H20ClN3O3S/c1-3-14-11(2)26-18(20-14)21-16(23)17(24)22-8-9-25-15(10-22)12-4-6-13(19)7-5-12/h4-7,15H,3,8-10H2,1-2H3,(H,20,21,23). The molecule has 2 amide bonds. The van der Waals surface area contributed by atoms with Crippen LogP contribution < -0.4 is 5.32 Å². The second-order valence-electron chi connectivity index (χ2n) is 5.99. The molecule has 1 saturated heterocycles. The van der Waals surface area contributed by atoms with Gasteiger partial charge in [0.2, 0.25) is 0 Å². The molecule has 1 atom stereocenters. The molecule has 0 spiro atoms. The quantitative estimate of drug-likeness (QED) is 0.813. The van der Waals surface area contributed by atoms with Crippen molar-refractivity contribution in [2.24, 2.45) is 0 Å². The number of rotatable bonds is 3. The lowest BCUT2D eigenvalue weighted by atomic mass is 10.1. The lowest BCUT2D eigenvalue weighted by Gasteiger charge is -2.32. The van der Waals surface area contributed by atoms with Gasteiger partial charge < -0.3 is 9.64 Å². The fourth-order valence-corrected chi connectivity index (χ4v) is 3.84. The number of carbonyl (C=O) groups is 2. The molecule has 0 saturated carbocycles. The Bertz CT molecular complexity index is 807. The topological polar surface area (TPSA) is 71.5 Å². The number of nitrogens with zero attached hydrogens (tertiary/aromatic N) is 2. The van der Waals surface area contributed by atoms with E-state index >= 15 is 0 Å². The highest BCUT2D eigenvalue weighted by Gasteiger charge is 2.29. The molecule has 6 nitrogen and oxygen atoms in total. The summed E-state index contributed by atoms with van der Waals surface area (Å²) >= 11 is 7.29. The third-order valence-electron chi connectivity index (χ3n) is 4.24. The molecule has 0 bridgehead atoms. The van der Waals surface area contributed by atoms with Crippen LogP contribution in [-0.4, -0.2) is 41.4 Å². The van der Waals surface area contributed by atoms with E-state index in [0.717, 1.165) is 22.6 Å². The summed E-state index contributed by atoms with van der Waals surface area (Å²) < 4.78 is 5.74. The fourth-order valence-electron chi connectivity index (χ4n) is 2.82. The number of aryl methyl sites for hydroxylation is 2. The number of morpholine rings is 1. The summed E-state index contributed by atoms with van der Waals surface area (Å²) in [6.45, 7) is 5.04. The molecule has 1 aromatic carbocycles. The van der Waals surface area contributed by atoms with Crippen molar-refractivity contribution in [1.82, 2.24) is 9.88 Å². The average molecular weight is 394 g/mol. The third-order valence-corrected chi connectivity index (χ3v) is 5.42. The third kappa shape index (κ3) is 4.23. The molecule has 0 radical (unpaired) electrons. The highest BCUT2D eigenvalue weighted by molar-refractivity contribution is 7.15. The zero-order chi connectivity index (χ0) is 18.7. The fraction of sp³-hybridized carbons (Fsp3) is 0.389. The molecule has 1 aliphatic rings. The molecule has 3 rings (SSSR count). The van der Waals surface area contributed by atoms with Crippen LogP contribution in [0.2, 0.25) is 5.02 Å². The van der Waals surface area contributed by atoms with Crippen LogP contribution in [0.4, 0.5) is 5.13 Å². The van der Waals surface area contributed by atoms with Gasteiger partial charge in [0, 0.05) is 16.4 Å². The van der Waals surface area contributed by atoms with Gasteiger partial charge in [0.05, 0.1) is 18.8 Å². The maximum Gasteiger partial charge on any atom is 0.315 e. The summed E-state index contributed by atoms with van der Waals surface area (Å²) in [6.07, 6.45) is 0.518. The van der Waals surface area contributed by atoms with Crippen molar-refractivity contribution in [1.29, 1.82) is 0 Å². The molecule has 138 valence electrons. The Kier molecular flexibility index (Phi) is 5.90. The molecule has 1 aromatic heterocycles. The molecule has 2 aromatic rings. The molecule has 8 heteroatoms. The van der Waals surface area contributed by atoms with E-state index in [2.05, 4.69) is 10.3 Å². The van der Waals surface area contributed by atoms with Crippen LogP contribution in [0.1, 0.15) is 29.2 Å². The molecule has 2 heterocycles. The number of nitrogens with one attached hydrogen (secondary N) is 1. The lowest BCUT2D eigenvalue weighted by molar-refractivity contribution is -0.148. The number of carbonyl (C=O) groups excluding carboxylic acids is 2. The minimum absolute atomic E-state index is 0.272. The molecule has 1 fully saturated rings. The lowest BCUT2D eigenvalue weighted by Crippen LogP contribution is -2.46. The van der Waals surface area contributed by atoms with Crippen molar-refractivity contribution in [2.75, 3.05) is 25.0 Å². The number of amides is 2. The molecule has 1 aliphatic heterocycles. The highest BCUT2D eigenvalue weighted by atomic mass is 35.5. The first kappa shape index (κ1) is 18.8. The van der Waals surface area contributed by atoms with Gasteiger partial charge >= 0.3 is 11.8 Å². The number of hydrogen-bond acceptors (Lipinski definition) is 5. The van der Waals surface area contributed by atoms with Crippen molar-refractivity contribution in [3.8, 4) is 0 Å². The normalized spacial score (nSPS) is 17.2. The summed E-state index contributed by atoms with van der Waals surface area (Å²) in [5.74, 6) is -1.24. The largest absolute Gasteiger partial charge is 0.370 e. The van der Waals surface area contributed by atoms with Crippen LogP contribution in [0.15, 0.2) is 24.3 Å². The zero-order valence-electron chi connectivity index (χ0n) is 14.6. The molecular formula is C18H20ClN3O3S. The van der Waals surface area contributed by atoms with Crippen molar-refractivity contribution in [3.63, 3.8) is 0 Å². The maximum atomic E-state index is 12.5. The predicted octanol–water partition coefficient (Wildman–Crippen LogP) is 3.21. The first-order valence-electron chi connectivity index (χ1n) is 8.41.